The van der Waals surface area contributed by atoms with Gasteiger partial charge in [-0.2, -0.15) is 0 Å². The van der Waals surface area contributed by atoms with Crippen LogP contribution >= 0.6 is 0 Å². The molecule has 0 unspecified atom stereocenters. The van der Waals surface area contributed by atoms with E-state index in [1.165, 1.54) is 10.9 Å². The molecule has 4 rings (SSSR count). The summed E-state index contributed by atoms with van der Waals surface area (Å²) in [6, 6.07) is 26.3. The van der Waals surface area contributed by atoms with E-state index in [1.54, 1.807) is 4.90 Å². The first-order chi connectivity index (χ1) is 18.9. The standard InChI is InChI=1S/C33H40N4O2/c1-4-5-20-36(32(38)22-26-11-7-6-8-12-26)25-33(39)37(24-27-15-17-29(18-16-27)35(2)3)21-19-28-23-34-31-14-10-9-13-30(28)31/h6-18,23,34H,4-5,19-22,24-25H2,1-3H3. The van der Waals surface area contributed by atoms with Crippen LogP contribution in [0.2, 0.25) is 0 Å². The molecule has 0 radical (unpaired) electrons. The van der Waals surface area contributed by atoms with E-state index in [0.717, 1.165) is 41.6 Å². The largest absolute Gasteiger partial charge is 0.378 e. The van der Waals surface area contributed by atoms with Crippen LogP contribution in [0.15, 0.2) is 85.1 Å². The van der Waals surface area contributed by atoms with Gasteiger partial charge in [-0.25, -0.2) is 0 Å². The van der Waals surface area contributed by atoms with Crippen molar-refractivity contribution in [3.8, 4) is 0 Å². The maximum absolute atomic E-state index is 13.8. The molecule has 1 N–H and O–H groups in total. The molecule has 0 aliphatic heterocycles. The van der Waals surface area contributed by atoms with Crippen molar-refractivity contribution in [3.63, 3.8) is 0 Å². The Morgan fingerprint density at radius 3 is 2.21 bits per heavy atom. The highest BCUT2D eigenvalue weighted by atomic mass is 16.2. The summed E-state index contributed by atoms with van der Waals surface area (Å²) in [5.74, 6) is -0.0287. The average Bonchev–Trinajstić information content (AvgIpc) is 3.37. The fourth-order valence-electron chi connectivity index (χ4n) is 4.79. The van der Waals surface area contributed by atoms with Gasteiger partial charge in [0, 0.05) is 56.5 Å². The first kappa shape index (κ1) is 28.0. The fourth-order valence-corrected chi connectivity index (χ4v) is 4.79. The van der Waals surface area contributed by atoms with Crippen molar-refractivity contribution in [3.05, 3.63) is 102 Å². The summed E-state index contributed by atoms with van der Waals surface area (Å²) < 4.78 is 0. The van der Waals surface area contributed by atoms with Gasteiger partial charge in [-0.15, -0.1) is 0 Å². The summed E-state index contributed by atoms with van der Waals surface area (Å²) in [5, 5.41) is 1.18. The summed E-state index contributed by atoms with van der Waals surface area (Å²) in [4.78, 5) is 36.1. The van der Waals surface area contributed by atoms with Crippen LogP contribution < -0.4 is 4.90 Å². The number of hydrogen-bond donors (Lipinski definition) is 1. The van der Waals surface area contributed by atoms with Gasteiger partial charge in [0.2, 0.25) is 11.8 Å². The van der Waals surface area contributed by atoms with Gasteiger partial charge in [-0.3, -0.25) is 9.59 Å². The molecule has 4 aromatic rings. The van der Waals surface area contributed by atoms with Crippen LogP contribution in [0.3, 0.4) is 0 Å². The molecule has 204 valence electrons. The van der Waals surface area contributed by atoms with Crippen LogP contribution in [-0.4, -0.2) is 60.3 Å². The maximum Gasteiger partial charge on any atom is 0.242 e. The lowest BCUT2D eigenvalue weighted by atomic mass is 10.1. The zero-order valence-corrected chi connectivity index (χ0v) is 23.4. The minimum atomic E-state index is -0.0240. The molecule has 0 fully saturated rings. The fraction of sp³-hybridized carbons (Fsp3) is 0.333. The third-order valence-electron chi connectivity index (χ3n) is 7.16. The summed E-state index contributed by atoms with van der Waals surface area (Å²) in [6.07, 6.45) is 4.91. The van der Waals surface area contributed by atoms with E-state index in [-0.39, 0.29) is 18.4 Å². The van der Waals surface area contributed by atoms with Crippen LogP contribution in [-0.2, 0) is 29.0 Å². The number of fused-ring (bicyclic) bond motifs is 1. The highest BCUT2D eigenvalue weighted by Crippen LogP contribution is 2.20. The van der Waals surface area contributed by atoms with Crippen molar-refractivity contribution in [1.82, 2.24) is 14.8 Å². The summed E-state index contributed by atoms with van der Waals surface area (Å²) in [6.45, 7) is 3.86. The molecule has 0 saturated carbocycles. The second kappa shape index (κ2) is 13.7. The molecule has 0 aliphatic rings. The Hall–Kier alpha value is -4.06. The van der Waals surface area contributed by atoms with Crippen LogP contribution in [0, 0.1) is 0 Å². The quantitative estimate of drug-likeness (QED) is 0.245. The monoisotopic (exact) mass is 524 g/mol. The predicted molar refractivity (Wildman–Crippen MR) is 160 cm³/mol. The van der Waals surface area contributed by atoms with Gasteiger partial charge in [0.15, 0.2) is 0 Å². The molecule has 0 saturated heterocycles. The van der Waals surface area contributed by atoms with Crippen LogP contribution in [0.25, 0.3) is 10.9 Å². The zero-order chi connectivity index (χ0) is 27.6. The number of nitrogens with one attached hydrogen (secondary N) is 1. The second-order valence-electron chi connectivity index (χ2n) is 10.3. The molecule has 6 heteroatoms. The number of nitrogens with zero attached hydrogens (tertiary/aromatic N) is 3. The summed E-state index contributed by atoms with van der Waals surface area (Å²) in [5.41, 5.74) is 5.45. The molecule has 3 aromatic carbocycles. The number of carbonyl (C=O) groups is 2. The Kier molecular flexibility index (Phi) is 9.79. The number of para-hydroxylation sites is 1. The first-order valence-corrected chi connectivity index (χ1v) is 13.9. The minimum absolute atomic E-state index is 0.00471. The van der Waals surface area contributed by atoms with Gasteiger partial charge in [0.05, 0.1) is 13.0 Å². The predicted octanol–water partition coefficient (Wildman–Crippen LogP) is 5.68. The molecule has 1 aromatic heterocycles. The molecular formula is C33H40N4O2. The molecule has 2 amide bonds. The number of amides is 2. The third-order valence-corrected chi connectivity index (χ3v) is 7.16. The van der Waals surface area contributed by atoms with Gasteiger partial charge in [0.1, 0.15) is 0 Å². The van der Waals surface area contributed by atoms with Crippen molar-refractivity contribution in [2.45, 2.75) is 39.2 Å². The van der Waals surface area contributed by atoms with Gasteiger partial charge in [0.25, 0.3) is 0 Å². The smallest absolute Gasteiger partial charge is 0.242 e. The highest BCUT2D eigenvalue weighted by molar-refractivity contribution is 5.86. The number of H-pyrrole nitrogens is 1. The van der Waals surface area contributed by atoms with Gasteiger partial charge in [-0.05, 0) is 47.7 Å². The summed E-state index contributed by atoms with van der Waals surface area (Å²) >= 11 is 0. The normalized spacial score (nSPS) is 10.9. The van der Waals surface area contributed by atoms with E-state index in [2.05, 4.69) is 53.2 Å². The molecule has 0 atom stereocenters. The number of rotatable bonds is 13. The average molecular weight is 525 g/mol. The van der Waals surface area contributed by atoms with E-state index in [4.69, 9.17) is 0 Å². The van der Waals surface area contributed by atoms with Crippen LogP contribution in [0.5, 0.6) is 0 Å². The zero-order valence-electron chi connectivity index (χ0n) is 23.4. The van der Waals surface area contributed by atoms with E-state index < -0.39 is 0 Å². The topological polar surface area (TPSA) is 59.7 Å². The number of benzene rings is 3. The van der Waals surface area contributed by atoms with E-state index in [0.29, 0.717) is 26.1 Å². The first-order valence-electron chi connectivity index (χ1n) is 13.9. The lowest BCUT2D eigenvalue weighted by Gasteiger charge is -2.28. The molecule has 0 spiro atoms. The SMILES string of the molecule is CCCCN(CC(=O)N(CCc1c[nH]c2ccccc12)Cc1ccc(N(C)C)cc1)C(=O)Cc1ccccc1. The number of carbonyl (C=O) groups excluding carboxylic acids is 2. The van der Waals surface area contributed by atoms with E-state index in [9.17, 15) is 9.59 Å². The van der Waals surface area contributed by atoms with Crippen LogP contribution in [0.4, 0.5) is 5.69 Å². The number of aromatic amines is 1. The molecule has 0 aliphatic carbocycles. The van der Waals surface area contributed by atoms with Crippen molar-refractivity contribution in [1.29, 1.82) is 0 Å². The lowest BCUT2D eigenvalue weighted by Crippen LogP contribution is -2.44. The van der Waals surface area contributed by atoms with E-state index >= 15 is 0 Å². The molecule has 6 nitrogen and oxygen atoms in total. The van der Waals surface area contributed by atoms with Gasteiger partial charge in [-0.1, -0.05) is 74.0 Å². The van der Waals surface area contributed by atoms with Crippen LogP contribution in [0.1, 0.15) is 36.5 Å². The highest BCUT2D eigenvalue weighted by Gasteiger charge is 2.22. The van der Waals surface area contributed by atoms with Gasteiger partial charge >= 0.3 is 0 Å². The maximum atomic E-state index is 13.8. The van der Waals surface area contributed by atoms with Crippen molar-refractivity contribution in [2.24, 2.45) is 0 Å². The number of anilines is 1. The molecular weight excluding hydrogens is 484 g/mol. The second-order valence-corrected chi connectivity index (χ2v) is 10.3. The lowest BCUT2D eigenvalue weighted by molar-refractivity contribution is -0.140. The van der Waals surface area contributed by atoms with Crippen molar-refractivity contribution < 1.29 is 9.59 Å². The van der Waals surface area contributed by atoms with E-state index in [1.807, 2.05) is 67.7 Å². The van der Waals surface area contributed by atoms with Crippen molar-refractivity contribution in [2.75, 3.05) is 38.6 Å². The Bertz CT molecular complexity index is 1350. The molecule has 39 heavy (non-hydrogen) atoms. The molecule has 1 heterocycles. The Morgan fingerprint density at radius 1 is 0.769 bits per heavy atom. The minimum Gasteiger partial charge on any atom is -0.378 e. The number of aromatic nitrogens is 1. The Labute approximate surface area is 232 Å². The molecule has 0 bridgehead atoms. The third kappa shape index (κ3) is 7.73. The van der Waals surface area contributed by atoms with Gasteiger partial charge < -0.3 is 19.7 Å². The number of hydrogen-bond acceptors (Lipinski definition) is 3. The number of unbranched alkanes of at least 4 members (excludes halogenated alkanes) is 1. The Balaban J connectivity index is 1.51. The summed E-state index contributed by atoms with van der Waals surface area (Å²) in [7, 11) is 4.03. The van der Waals surface area contributed by atoms with Crippen molar-refractivity contribution >= 4 is 28.4 Å². The Morgan fingerprint density at radius 2 is 1.49 bits per heavy atom.